The Balaban J connectivity index is 2.61. The first kappa shape index (κ1) is 13.6. The number of benzene rings is 1. The van der Waals surface area contributed by atoms with Crippen molar-refractivity contribution in [2.45, 2.75) is 38.8 Å². The second-order valence-electron chi connectivity index (χ2n) is 4.10. The third kappa shape index (κ3) is 4.18. The zero-order valence-electron chi connectivity index (χ0n) is 10.6. The van der Waals surface area contributed by atoms with Gasteiger partial charge in [-0.05, 0) is 24.7 Å². The van der Waals surface area contributed by atoms with Crippen molar-refractivity contribution in [2.75, 3.05) is 12.0 Å². The van der Waals surface area contributed by atoms with E-state index in [0.29, 0.717) is 12.1 Å². The average Bonchev–Trinajstić information content (AvgIpc) is 2.35. The fraction of sp³-hybridized carbons (Fsp3) is 0.571. The van der Waals surface area contributed by atoms with Gasteiger partial charge in [0, 0.05) is 17.8 Å². The molecule has 2 heteroatoms. The Morgan fingerprint density at radius 2 is 1.81 bits per heavy atom. The van der Waals surface area contributed by atoms with E-state index in [1.165, 1.54) is 17.7 Å². The van der Waals surface area contributed by atoms with E-state index in [1.807, 2.05) is 11.8 Å². The SMILES string of the molecule is CCC(CSC)NC(CC)c1ccccc1. The van der Waals surface area contributed by atoms with Gasteiger partial charge in [-0.2, -0.15) is 11.8 Å². The standard InChI is InChI=1S/C14H23NS/c1-4-13(11-16-3)15-14(5-2)12-9-7-6-8-10-12/h6-10,13-15H,4-5,11H2,1-3H3. The Morgan fingerprint density at radius 3 is 2.31 bits per heavy atom. The molecule has 0 heterocycles. The molecule has 0 bridgehead atoms. The highest BCUT2D eigenvalue weighted by Gasteiger charge is 2.13. The van der Waals surface area contributed by atoms with E-state index in [0.717, 1.165) is 6.42 Å². The first-order valence-corrected chi connectivity index (χ1v) is 7.51. The van der Waals surface area contributed by atoms with Crippen molar-refractivity contribution >= 4 is 11.8 Å². The molecule has 1 nitrogen and oxygen atoms in total. The lowest BCUT2D eigenvalue weighted by molar-refractivity contribution is 0.442. The largest absolute Gasteiger partial charge is 0.306 e. The quantitative estimate of drug-likeness (QED) is 0.772. The van der Waals surface area contributed by atoms with Gasteiger partial charge in [0.05, 0.1) is 0 Å². The van der Waals surface area contributed by atoms with E-state index in [1.54, 1.807) is 0 Å². The molecule has 0 aliphatic heterocycles. The molecular formula is C14H23NS. The van der Waals surface area contributed by atoms with Crippen LogP contribution in [-0.2, 0) is 0 Å². The summed E-state index contributed by atoms with van der Waals surface area (Å²) in [6.07, 6.45) is 4.52. The lowest BCUT2D eigenvalue weighted by atomic mass is 10.0. The molecule has 90 valence electrons. The van der Waals surface area contributed by atoms with Crippen LogP contribution in [-0.4, -0.2) is 18.1 Å². The Bertz CT molecular complexity index is 273. The monoisotopic (exact) mass is 237 g/mol. The third-order valence-electron chi connectivity index (χ3n) is 2.91. The van der Waals surface area contributed by atoms with Gasteiger partial charge in [-0.15, -0.1) is 0 Å². The molecule has 1 aromatic carbocycles. The number of hydrogen-bond donors (Lipinski definition) is 1. The van der Waals surface area contributed by atoms with Gasteiger partial charge in [0.25, 0.3) is 0 Å². The first-order chi connectivity index (χ1) is 7.81. The summed E-state index contributed by atoms with van der Waals surface area (Å²) in [5.41, 5.74) is 1.41. The summed E-state index contributed by atoms with van der Waals surface area (Å²) in [5.74, 6) is 1.19. The highest BCUT2D eigenvalue weighted by molar-refractivity contribution is 7.98. The molecule has 0 aliphatic rings. The normalized spacial score (nSPS) is 14.7. The van der Waals surface area contributed by atoms with Crippen LogP contribution in [0.3, 0.4) is 0 Å². The maximum Gasteiger partial charge on any atom is 0.0320 e. The minimum atomic E-state index is 0.498. The van der Waals surface area contributed by atoms with Gasteiger partial charge in [0.15, 0.2) is 0 Å². The second-order valence-corrected chi connectivity index (χ2v) is 5.01. The molecule has 2 atom stereocenters. The molecule has 16 heavy (non-hydrogen) atoms. The van der Waals surface area contributed by atoms with E-state index < -0.39 is 0 Å². The summed E-state index contributed by atoms with van der Waals surface area (Å²) in [7, 11) is 0. The van der Waals surface area contributed by atoms with E-state index in [-0.39, 0.29) is 0 Å². The van der Waals surface area contributed by atoms with Crippen LogP contribution in [0.2, 0.25) is 0 Å². The molecule has 0 aromatic heterocycles. The van der Waals surface area contributed by atoms with Gasteiger partial charge in [-0.25, -0.2) is 0 Å². The summed E-state index contributed by atoms with van der Waals surface area (Å²) < 4.78 is 0. The summed E-state index contributed by atoms with van der Waals surface area (Å²) in [6.45, 7) is 4.50. The minimum absolute atomic E-state index is 0.498. The lowest BCUT2D eigenvalue weighted by Gasteiger charge is -2.24. The Kier molecular flexibility index (Phi) is 6.58. The molecule has 0 spiro atoms. The van der Waals surface area contributed by atoms with Crippen LogP contribution >= 0.6 is 11.8 Å². The molecular weight excluding hydrogens is 214 g/mol. The Morgan fingerprint density at radius 1 is 1.12 bits per heavy atom. The van der Waals surface area contributed by atoms with Crippen molar-refractivity contribution < 1.29 is 0 Å². The fourth-order valence-electron chi connectivity index (χ4n) is 1.90. The smallest absolute Gasteiger partial charge is 0.0320 e. The average molecular weight is 237 g/mol. The zero-order chi connectivity index (χ0) is 11.8. The zero-order valence-corrected chi connectivity index (χ0v) is 11.4. The molecule has 1 aromatic rings. The summed E-state index contributed by atoms with van der Waals surface area (Å²) in [4.78, 5) is 0. The van der Waals surface area contributed by atoms with Gasteiger partial charge in [0.1, 0.15) is 0 Å². The maximum atomic E-state index is 3.75. The topological polar surface area (TPSA) is 12.0 Å². The number of nitrogens with one attached hydrogen (secondary N) is 1. The van der Waals surface area contributed by atoms with Crippen molar-refractivity contribution in [3.05, 3.63) is 35.9 Å². The molecule has 1 N–H and O–H groups in total. The third-order valence-corrected chi connectivity index (χ3v) is 3.64. The van der Waals surface area contributed by atoms with Crippen molar-refractivity contribution in [3.63, 3.8) is 0 Å². The highest BCUT2D eigenvalue weighted by Crippen LogP contribution is 2.18. The van der Waals surface area contributed by atoms with Gasteiger partial charge in [-0.1, -0.05) is 44.2 Å². The maximum absolute atomic E-state index is 3.75. The molecule has 0 fully saturated rings. The molecule has 1 rings (SSSR count). The van der Waals surface area contributed by atoms with Crippen LogP contribution in [0.25, 0.3) is 0 Å². The van der Waals surface area contributed by atoms with Crippen LogP contribution in [0.4, 0.5) is 0 Å². The highest BCUT2D eigenvalue weighted by atomic mass is 32.2. The van der Waals surface area contributed by atoms with E-state index in [9.17, 15) is 0 Å². The van der Waals surface area contributed by atoms with Gasteiger partial charge >= 0.3 is 0 Å². The molecule has 2 unspecified atom stereocenters. The molecule has 0 aliphatic carbocycles. The second kappa shape index (κ2) is 7.75. The van der Waals surface area contributed by atoms with Crippen LogP contribution in [0.15, 0.2) is 30.3 Å². The van der Waals surface area contributed by atoms with Crippen molar-refractivity contribution in [1.29, 1.82) is 0 Å². The fourth-order valence-corrected chi connectivity index (χ4v) is 2.64. The number of thioether (sulfide) groups is 1. The predicted octanol–water partition coefficient (Wildman–Crippen LogP) is 3.87. The van der Waals surface area contributed by atoms with E-state index in [2.05, 4.69) is 55.8 Å². The molecule has 0 amide bonds. The van der Waals surface area contributed by atoms with Gasteiger partial charge in [-0.3, -0.25) is 0 Å². The van der Waals surface area contributed by atoms with Crippen molar-refractivity contribution in [3.8, 4) is 0 Å². The van der Waals surface area contributed by atoms with Crippen molar-refractivity contribution in [2.24, 2.45) is 0 Å². The van der Waals surface area contributed by atoms with Crippen LogP contribution < -0.4 is 5.32 Å². The minimum Gasteiger partial charge on any atom is -0.306 e. The Hall–Kier alpha value is -0.470. The molecule has 0 radical (unpaired) electrons. The first-order valence-electron chi connectivity index (χ1n) is 6.11. The van der Waals surface area contributed by atoms with Crippen LogP contribution in [0.5, 0.6) is 0 Å². The van der Waals surface area contributed by atoms with Gasteiger partial charge < -0.3 is 5.32 Å². The predicted molar refractivity (Wildman–Crippen MR) is 75.1 cm³/mol. The van der Waals surface area contributed by atoms with Crippen molar-refractivity contribution in [1.82, 2.24) is 5.32 Å². The summed E-state index contributed by atoms with van der Waals surface area (Å²) >= 11 is 1.92. The van der Waals surface area contributed by atoms with Gasteiger partial charge in [0.2, 0.25) is 0 Å². The molecule has 0 saturated heterocycles. The van der Waals surface area contributed by atoms with Crippen LogP contribution in [0.1, 0.15) is 38.3 Å². The lowest BCUT2D eigenvalue weighted by Crippen LogP contribution is -2.34. The van der Waals surface area contributed by atoms with Crippen LogP contribution in [0, 0.1) is 0 Å². The Labute approximate surface area is 104 Å². The summed E-state index contributed by atoms with van der Waals surface area (Å²) in [6, 6.07) is 11.9. The van der Waals surface area contributed by atoms with E-state index in [4.69, 9.17) is 0 Å². The summed E-state index contributed by atoms with van der Waals surface area (Å²) in [5, 5.41) is 3.75. The van der Waals surface area contributed by atoms with E-state index >= 15 is 0 Å². The number of rotatable bonds is 7. The number of hydrogen-bond acceptors (Lipinski definition) is 2. The molecule has 0 saturated carbocycles.